The zero-order valence-electron chi connectivity index (χ0n) is 49.7. The molecule has 1 aliphatic carbocycles. The summed E-state index contributed by atoms with van der Waals surface area (Å²) in [5.41, 5.74) is 30.6. The molecule has 0 amide bonds. The summed E-state index contributed by atoms with van der Waals surface area (Å²) in [4.78, 5) is 2.46. The molecule has 0 radical (unpaired) electrons. The zero-order chi connectivity index (χ0) is 59.4. The predicted molar refractivity (Wildman–Crippen MR) is 377 cm³/mol. The quantitative estimate of drug-likeness (QED) is 0.118. The molecule has 1 aliphatic rings. The average molecular weight is 1140 g/mol. The number of rotatable bonds is 12. The van der Waals surface area contributed by atoms with E-state index in [4.69, 9.17) is 0 Å². The highest BCUT2D eigenvalue weighted by Gasteiger charge is 2.37. The summed E-state index contributed by atoms with van der Waals surface area (Å²) in [6, 6.07) is 125. The van der Waals surface area contributed by atoms with E-state index in [0.717, 1.165) is 33.9 Å². The van der Waals surface area contributed by atoms with E-state index in [1.165, 1.54) is 122 Å². The molecule has 16 rings (SSSR count). The normalized spacial score (nSPS) is 12.2. The van der Waals surface area contributed by atoms with Crippen LogP contribution in [-0.4, -0.2) is 4.57 Å². The van der Waals surface area contributed by atoms with Gasteiger partial charge in [0, 0.05) is 38.9 Å². The molecular formula is C87H62N2. The van der Waals surface area contributed by atoms with E-state index in [2.05, 4.69) is 363 Å². The minimum atomic E-state index is -0.349. The number of fused-ring (bicyclic) bond motifs is 6. The molecule has 1 heterocycles. The first-order valence-electron chi connectivity index (χ1n) is 30.9. The van der Waals surface area contributed by atoms with Gasteiger partial charge in [-0.2, -0.15) is 0 Å². The lowest BCUT2D eigenvalue weighted by Crippen LogP contribution is -2.17. The predicted octanol–water partition coefficient (Wildman–Crippen LogP) is 23.9. The molecule has 0 bridgehead atoms. The van der Waals surface area contributed by atoms with Gasteiger partial charge in [-0.05, 0) is 184 Å². The van der Waals surface area contributed by atoms with Gasteiger partial charge in [0.05, 0.1) is 11.0 Å². The van der Waals surface area contributed by atoms with Gasteiger partial charge < -0.3 is 9.47 Å². The highest BCUT2D eigenvalue weighted by Crippen LogP contribution is 2.52. The largest absolute Gasteiger partial charge is 0.310 e. The van der Waals surface area contributed by atoms with Crippen LogP contribution in [0.4, 0.5) is 17.1 Å². The van der Waals surface area contributed by atoms with Gasteiger partial charge in [-0.25, -0.2) is 0 Å². The SMILES string of the molecule is CC1(C)c2cc(N(c3cccc(-c4cccc(-c5ccccc5)c4)c3)c3cccc(-c4cccc(-c5ccccc5)c4)c3)ccc2-c2ccc(-n3c4cc(-c5ccc(-c6ccccc6)cc5)ccc4c4ccc(-c5ccc(-c6ccccc6)cc5)cc43)cc21. The van der Waals surface area contributed by atoms with E-state index in [9.17, 15) is 0 Å². The first-order valence-corrected chi connectivity index (χ1v) is 30.9. The second-order valence-electron chi connectivity index (χ2n) is 24.1. The first kappa shape index (κ1) is 53.2. The van der Waals surface area contributed by atoms with E-state index < -0.39 is 0 Å². The molecule has 1 aromatic heterocycles. The zero-order valence-corrected chi connectivity index (χ0v) is 49.7. The lowest BCUT2D eigenvalue weighted by Gasteiger charge is -2.29. The Bertz CT molecular complexity index is 4850. The number of hydrogen-bond acceptors (Lipinski definition) is 1. The molecule has 0 spiro atoms. The lowest BCUT2D eigenvalue weighted by molar-refractivity contribution is 0.660. The molecule has 2 heteroatoms. The van der Waals surface area contributed by atoms with Crippen molar-refractivity contribution in [1.29, 1.82) is 0 Å². The van der Waals surface area contributed by atoms with Crippen LogP contribution in [-0.2, 0) is 5.41 Å². The fourth-order valence-electron chi connectivity index (χ4n) is 13.7. The van der Waals surface area contributed by atoms with Crippen LogP contribution >= 0.6 is 0 Å². The van der Waals surface area contributed by atoms with Crippen LogP contribution in [0.2, 0.25) is 0 Å². The molecule has 2 nitrogen and oxygen atoms in total. The summed E-state index contributed by atoms with van der Waals surface area (Å²) >= 11 is 0. The van der Waals surface area contributed by atoms with Crippen LogP contribution in [0.5, 0.6) is 0 Å². The van der Waals surface area contributed by atoms with Crippen molar-refractivity contribution in [3.05, 3.63) is 351 Å². The van der Waals surface area contributed by atoms with Gasteiger partial charge >= 0.3 is 0 Å². The molecule has 0 aliphatic heterocycles. The standard InChI is InChI=1S/C87H62N2/c1-87(2)83-57-77(88(75-33-17-31-71(53-75)69-29-15-27-67(51-69)61-23-11-5-12-24-61)76-34-18-32-72(54-76)70-30-16-28-68(52-70)62-25-13-6-14-26-62)45-49-79(83)80-50-46-78(58-84(80)87)89-85-55-73(65-39-35-63(36-40-65)59-19-7-3-8-20-59)43-47-81(85)82-48-44-74(56-86(82)89)66-41-37-64(38-42-66)60-21-9-4-10-22-60/h3-58H,1-2H3. The van der Waals surface area contributed by atoms with Crippen LogP contribution in [0, 0.1) is 0 Å². The summed E-state index contributed by atoms with van der Waals surface area (Å²) in [5, 5.41) is 2.45. The Kier molecular flexibility index (Phi) is 13.3. The fourth-order valence-corrected chi connectivity index (χ4v) is 13.7. The van der Waals surface area contributed by atoms with Crippen molar-refractivity contribution in [2.75, 3.05) is 4.90 Å². The Labute approximate surface area is 521 Å². The smallest absolute Gasteiger partial charge is 0.0547 e. The van der Waals surface area contributed by atoms with Crippen LogP contribution in [0.3, 0.4) is 0 Å². The van der Waals surface area contributed by atoms with Crippen molar-refractivity contribution < 1.29 is 0 Å². The van der Waals surface area contributed by atoms with Crippen molar-refractivity contribution in [3.8, 4) is 106 Å². The number of benzene rings is 14. The lowest BCUT2D eigenvalue weighted by atomic mass is 9.82. The van der Waals surface area contributed by atoms with Crippen LogP contribution < -0.4 is 4.90 Å². The number of aromatic nitrogens is 1. The molecule has 0 fully saturated rings. The summed E-state index contributed by atoms with van der Waals surface area (Å²) in [7, 11) is 0. The molecule has 89 heavy (non-hydrogen) atoms. The van der Waals surface area contributed by atoms with E-state index >= 15 is 0 Å². The van der Waals surface area contributed by atoms with Crippen molar-refractivity contribution in [3.63, 3.8) is 0 Å². The van der Waals surface area contributed by atoms with Gasteiger partial charge in [0.15, 0.2) is 0 Å². The molecule has 0 N–H and O–H groups in total. The summed E-state index contributed by atoms with van der Waals surface area (Å²) < 4.78 is 2.52. The van der Waals surface area contributed by atoms with Gasteiger partial charge in [0.2, 0.25) is 0 Å². The summed E-state index contributed by atoms with van der Waals surface area (Å²) in [5.74, 6) is 0. The fraction of sp³-hybridized carbons (Fsp3) is 0.0345. The van der Waals surface area contributed by atoms with Gasteiger partial charge in [-0.15, -0.1) is 0 Å². The van der Waals surface area contributed by atoms with Crippen LogP contribution in [0.15, 0.2) is 340 Å². The third-order valence-corrected chi connectivity index (χ3v) is 18.4. The van der Waals surface area contributed by atoms with Gasteiger partial charge in [-0.3, -0.25) is 0 Å². The van der Waals surface area contributed by atoms with Gasteiger partial charge in [-0.1, -0.05) is 281 Å². The first-order chi connectivity index (χ1) is 43.8. The Morgan fingerprint density at radius 2 is 0.517 bits per heavy atom. The number of hydrogen-bond donors (Lipinski definition) is 0. The van der Waals surface area contributed by atoms with Crippen molar-refractivity contribution in [2.24, 2.45) is 0 Å². The van der Waals surface area contributed by atoms with Crippen molar-refractivity contribution in [1.82, 2.24) is 4.57 Å². The van der Waals surface area contributed by atoms with Crippen molar-refractivity contribution >= 4 is 38.9 Å². The Balaban J connectivity index is 0.814. The maximum atomic E-state index is 2.52. The number of anilines is 3. The van der Waals surface area contributed by atoms with E-state index in [0.29, 0.717) is 0 Å². The highest BCUT2D eigenvalue weighted by molar-refractivity contribution is 6.11. The topological polar surface area (TPSA) is 8.17 Å². The second kappa shape index (κ2) is 22.2. The van der Waals surface area contributed by atoms with E-state index in [-0.39, 0.29) is 5.41 Å². The Morgan fingerprint density at radius 1 is 0.225 bits per heavy atom. The highest BCUT2D eigenvalue weighted by atomic mass is 15.1. The third-order valence-electron chi connectivity index (χ3n) is 18.4. The minimum absolute atomic E-state index is 0.349. The Morgan fingerprint density at radius 3 is 0.944 bits per heavy atom. The Hall–Kier alpha value is -11.3. The van der Waals surface area contributed by atoms with Crippen LogP contribution in [0.25, 0.3) is 128 Å². The maximum absolute atomic E-state index is 2.52. The summed E-state index contributed by atoms with van der Waals surface area (Å²) in [6.07, 6.45) is 0. The average Bonchev–Trinajstić information content (AvgIpc) is 1.68. The van der Waals surface area contributed by atoms with Crippen molar-refractivity contribution in [2.45, 2.75) is 19.3 Å². The molecule has 15 aromatic rings. The van der Waals surface area contributed by atoms with Gasteiger partial charge in [0.1, 0.15) is 0 Å². The molecule has 0 saturated carbocycles. The molecule has 0 saturated heterocycles. The monoisotopic (exact) mass is 1130 g/mol. The summed E-state index contributed by atoms with van der Waals surface area (Å²) in [6.45, 7) is 4.83. The van der Waals surface area contributed by atoms with Gasteiger partial charge in [0.25, 0.3) is 0 Å². The van der Waals surface area contributed by atoms with E-state index in [1.807, 2.05) is 0 Å². The molecule has 420 valence electrons. The molecule has 0 atom stereocenters. The molecular weight excluding hydrogens is 1070 g/mol. The molecule has 14 aromatic carbocycles. The van der Waals surface area contributed by atoms with Crippen LogP contribution in [0.1, 0.15) is 25.0 Å². The maximum Gasteiger partial charge on any atom is 0.0547 e. The second-order valence-corrected chi connectivity index (χ2v) is 24.1. The molecule has 0 unspecified atom stereocenters. The third kappa shape index (κ3) is 9.82. The number of nitrogens with zero attached hydrogens (tertiary/aromatic N) is 2. The van der Waals surface area contributed by atoms with E-state index in [1.54, 1.807) is 0 Å². The minimum Gasteiger partial charge on any atom is -0.310 e.